The fraction of sp³-hybridized carbons (Fsp3) is 1.00. The van der Waals surface area contributed by atoms with Crippen LogP contribution in [0, 0.1) is 5.92 Å². The van der Waals surface area contributed by atoms with E-state index in [1.54, 1.807) is 0 Å². The average Bonchev–Trinajstić information content (AvgIpc) is 2.31. The molecule has 102 valence electrons. The maximum absolute atomic E-state index is 9.64. The molecule has 1 fully saturated rings. The van der Waals surface area contributed by atoms with Crippen LogP contribution in [0.3, 0.4) is 0 Å². The van der Waals surface area contributed by atoms with Gasteiger partial charge in [0.2, 0.25) is 0 Å². The van der Waals surface area contributed by atoms with Crippen LogP contribution in [0.25, 0.3) is 0 Å². The SMILES string of the molecule is CC1CCCCCCCCCCC(O)OCC1. The monoisotopic (exact) mass is 242 g/mol. The summed E-state index contributed by atoms with van der Waals surface area (Å²) in [6, 6.07) is 0. The molecule has 1 aliphatic heterocycles. The quantitative estimate of drug-likeness (QED) is 0.687. The Labute approximate surface area is 107 Å². The number of rotatable bonds is 0. The van der Waals surface area contributed by atoms with Crippen LogP contribution in [0.15, 0.2) is 0 Å². The van der Waals surface area contributed by atoms with Gasteiger partial charge in [0.15, 0.2) is 6.29 Å². The Morgan fingerprint density at radius 2 is 1.29 bits per heavy atom. The summed E-state index contributed by atoms with van der Waals surface area (Å²) in [5, 5.41) is 9.64. The molecule has 0 saturated carbocycles. The number of hydrogen-bond acceptors (Lipinski definition) is 2. The second kappa shape index (κ2) is 9.90. The second-order valence-corrected chi connectivity index (χ2v) is 5.63. The van der Waals surface area contributed by atoms with Crippen molar-refractivity contribution in [2.75, 3.05) is 6.61 Å². The van der Waals surface area contributed by atoms with Crippen molar-refractivity contribution in [3.05, 3.63) is 0 Å². The smallest absolute Gasteiger partial charge is 0.154 e. The van der Waals surface area contributed by atoms with Crippen molar-refractivity contribution in [2.45, 2.75) is 83.8 Å². The molecule has 1 saturated heterocycles. The summed E-state index contributed by atoms with van der Waals surface area (Å²) in [6.07, 6.45) is 13.3. The molecule has 0 spiro atoms. The summed E-state index contributed by atoms with van der Waals surface area (Å²) >= 11 is 0. The lowest BCUT2D eigenvalue weighted by Crippen LogP contribution is -2.14. The van der Waals surface area contributed by atoms with Crippen molar-refractivity contribution in [3.8, 4) is 0 Å². The van der Waals surface area contributed by atoms with Gasteiger partial charge in [0.1, 0.15) is 0 Å². The van der Waals surface area contributed by atoms with Crippen LogP contribution in [0.5, 0.6) is 0 Å². The first-order valence-electron chi connectivity index (χ1n) is 7.58. The van der Waals surface area contributed by atoms with E-state index in [1.165, 1.54) is 51.4 Å². The molecule has 0 aromatic carbocycles. The van der Waals surface area contributed by atoms with Crippen LogP contribution in [0.4, 0.5) is 0 Å². The molecular formula is C15H30O2. The Morgan fingerprint density at radius 3 is 1.94 bits per heavy atom. The minimum Gasteiger partial charge on any atom is -0.368 e. The molecule has 17 heavy (non-hydrogen) atoms. The zero-order valence-electron chi connectivity index (χ0n) is 11.5. The Hall–Kier alpha value is -0.0800. The van der Waals surface area contributed by atoms with Crippen molar-refractivity contribution < 1.29 is 9.84 Å². The van der Waals surface area contributed by atoms with Gasteiger partial charge in [-0.25, -0.2) is 0 Å². The highest BCUT2D eigenvalue weighted by Crippen LogP contribution is 2.17. The van der Waals surface area contributed by atoms with Crippen molar-refractivity contribution in [1.82, 2.24) is 0 Å². The lowest BCUT2D eigenvalue weighted by Gasteiger charge is -2.14. The second-order valence-electron chi connectivity index (χ2n) is 5.63. The standard InChI is InChI=1S/C15H30O2/c1-14-10-8-6-4-2-3-5-7-9-11-15(16)17-13-12-14/h14-16H,2-13H2,1H3. The average molecular weight is 242 g/mol. The zero-order valence-corrected chi connectivity index (χ0v) is 11.5. The van der Waals surface area contributed by atoms with E-state index in [2.05, 4.69) is 6.92 Å². The molecule has 1 heterocycles. The van der Waals surface area contributed by atoms with Gasteiger partial charge in [-0.15, -0.1) is 0 Å². The Morgan fingerprint density at radius 1 is 0.765 bits per heavy atom. The third-order valence-electron chi connectivity index (χ3n) is 3.82. The molecule has 2 nitrogen and oxygen atoms in total. The van der Waals surface area contributed by atoms with Gasteiger partial charge in [-0.1, -0.05) is 58.3 Å². The van der Waals surface area contributed by atoms with Gasteiger partial charge in [-0.2, -0.15) is 0 Å². The maximum Gasteiger partial charge on any atom is 0.154 e. The summed E-state index contributed by atoms with van der Waals surface area (Å²) in [5.41, 5.74) is 0. The van der Waals surface area contributed by atoms with Crippen molar-refractivity contribution in [3.63, 3.8) is 0 Å². The molecule has 0 radical (unpaired) electrons. The Kier molecular flexibility index (Phi) is 8.72. The van der Waals surface area contributed by atoms with Gasteiger partial charge >= 0.3 is 0 Å². The Bertz CT molecular complexity index is 152. The molecule has 1 N–H and O–H groups in total. The van der Waals surface area contributed by atoms with Gasteiger partial charge in [0.05, 0.1) is 0 Å². The third kappa shape index (κ3) is 8.62. The fourth-order valence-corrected chi connectivity index (χ4v) is 2.51. The molecule has 0 aromatic rings. The molecule has 0 aromatic heterocycles. The summed E-state index contributed by atoms with van der Waals surface area (Å²) < 4.78 is 5.44. The number of aliphatic hydroxyl groups is 1. The highest BCUT2D eigenvalue weighted by atomic mass is 16.6. The molecule has 2 atom stereocenters. The lowest BCUT2D eigenvalue weighted by molar-refractivity contribution is -0.107. The van der Waals surface area contributed by atoms with Crippen LogP contribution >= 0.6 is 0 Å². The van der Waals surface area contributed by atoms with Crippen LogP contribution in [0.2, 0.25) is 0 Å². The summed E-state index contributed by atoms with van der Waals surface area (Å²) in [6.45, 7) is 3.02. The van der Waals surface area contributed by atoms with E-state index < -0.39 is 6.29 Å². The highest BCUT2D eigenvalue weighted by Gasteiger charge is 2.07. The van der Waals surface area contributed by atoms with E-state index in [0.717, 1.165) is 31.8 Å². The van der Waals surface area contributed by atoms with Gasteiger partial charge in [0.25, 0.3) is 0 Å². The lowest BCUT2D eigenvalue weighted by atomic mass is 9.99. The van der Waals surface area contributed by atoms with Gasteiger partial charge in [0, 0.05) is 6.61 Å². The molecule has 1 aliphatic rings. The minimum absolute atomic E-state index is 0.521. The number of hydrogen-bond donors (Lipinski definition) is 1. The first-order valence-corrected chi connectivity index (χ1v) is 7.58. The minimum atomic E-state index is -0.521. The van der Waals surface area contributed by atoms with E-state index in [4.69, 9.17) is 4.74 Å². The van der Waals surface area contributed by atoms with E-state index in [0.29, 0.717) is 0 Å². The van der Waals surface area contributed by atoms with Crippen molar-refractivity contribution in [1.29, 1.82) is 0 Å². The molecular weight excluding hydrogens is 212 g/mol. The van der Waals surface area contributed by atoms with Crippen molar-refractivity contribution >= 4 is 0 Å². The topological polar surface area (TPSA) is 29.5 Å². The van der Waals surface area contributed by atoms with Crippen molar-refractivity contribution in [2.24, 2.45) is 5.92 Å². The summed E-state index contributed by atoms with van der Waals surface area (Å²) in [7, 11) is 0. The molecule has 2 heteroatoms. The van der Waals surface area contributed by atoms with Crippen LogP contribution in [-0.2, 0) is 4.74 Å². The van der Waals surface area contributed by atoms with Crippen LogP contribution in [-0.4, -0.2) is 18.0 Å². The molecule has 1 rings (SSSR count). The zero-order chi connectivity index (χ0) is 12.3. The maximum atomic E-state index is 9.64. The summed E-state index contributed by atoms with van der Waals surface area (Å²) in [5.74, 6) is 0.743. The Balaban J connectivity index is 2.20. The predicted octanol–water partition coefficient (Wildman–Crippen LogP) is 4.26. The van der Waals surface area contributed by atoms with Gasteiger partial charge in [-0.05, 0) is 25.2 Å². The van der Waals surface area contributed by atoms with E-state index >= 15 is 0 Å². The number of ether oxygens (including phenoxy) is 1. The highest BCUT2D eigenvalue weighted by molar-refractivity contribution is 4.56. The van der Waals surface area contributed by atoms with Crippen LogP contribution < -0.4 is 0 Å². The van der Waals surface area contributed by atoms with E-state index in [9.17, 15) is 5.11 Å². The normalized spacial score (nSPS) is 31.4. The third-order valence-corrected chi connectivity index (χ3v) is 3.82. The largest absolute Gasteiger partial charge is 0.368 e. The fourth-order valence-electron chi connectivity index (χ4n) is 2.51. The number of aliphatic hydroxyl groups excluding tert-OH is 1. The van der Waals surface area contributed by atoms with Crippen LogP contribution in [0.1, 0.15) is 77.6 Å². The molecule has 0 aliphatic carbocycles. The summed E-state index contributed by atoms with van der Waals surface area (Å²) in [4.78, 5) is 0. The molecule has 0 amide bonds. The first-order chi connectivity index (χ1) is 8.29. The van der Waals surface area contributed by atoms with E-state index in [1.807, 2.05) is 0 Å². The van der Waals surface area contributed by atoms with Gasteiger partial charge < -0.3 is 9.84 Å². The van der Waals surface area contributed by atoms with Gasteiger partial charge in [-0.3, -0.25) is 0 Å². The molecule has 2 unspecified atom stereocenters. The van der Waals surface area contributed by atoms with E-state index in [-0.39, 0.29) is 0 Å². The predicted molar refractivity (Wildman–Crippen MR) is 71.9 cm³/mol. The first kappa shape index (κ1) is 15.0. The molecule has 0 bridgehead atoms.